The Labute approximate surface area is 83.0 Å². The summed E-state index contributed by atoms with van der Waals surface area (Å²) in [7, 11) is 4.09. The van der Waals surface area contributed by atoms with E-state index in [1.54, 1.807) is 17.6 Å². The van der Waals surface area contributed by atoms with Crippen molar-refractivity contribution in [3.05, 3.63) is 23.1 Å². The molecule has 1 heterocycles. The first-order chi connectivity index (χ1) is 6.15. The van der Waals surface area contributed by atoms with Crippen molar-refractivity contribution in [3.63, 3.8) is 0 Å². The molecule has 0 unspecified atom stereocenters. The molecule has 0 aliphatic carbocycles. The van der Waals surface area contributed by atoms with Crippen molar-refractivity contribution in [2.45, 2.75) is 6.92 Å². The van der Waals surface area contributed by atoms with Gasteiger partial charge in [0.25, 0.3) is 0 Å². The predicted octanol–water partition coefficient (Wildman–Crippen LogP) is 1.05. The van der Waals surface area contributed by atoms with Gasteiger partial charge < -0.3 is 4.90 Å². The molecule has 0 amide bonds. The molecule has 3 heteroatoms. The average molecular weight is 195 g/mol. The second-order valence-electron chi connectivity index (χ2n) is 3.07. The lowest BCUT2D eigenvalue weighted by atomic mass is 10.2. The Kier molecular flexibility index (Phi) is 3.25. The maximum absolute atomic E-state index is 5.33. The number of nitrogens with zero attached hydrogens (tertiary/aromatic N) is 1. The van der Waals surface area contributed by atoms with Crippen LogP contribution in [0.1, 0.15) is 11.8 Å². The van der Waals surface area contributed by atoms with Gasteiger partial charge in [-0.25, -0.2) is 0 Å². The molecule has 13 heavy (non-hydrogen) atoms. The predicted molar refractivity (Wildman–Crippen MR) is 60.3 cm³/mol. The Morgan fingerprint density at radius 2 is 2.15 bits per heavy atom. The molecule has 0 atom stereocenters. The molecule has 0 fully saturated rings. The molecular weight excluding hydrogens is 180 g/mol. The lowest BCUT2D eigenvalue weighted by Gasteiger charge is -2.07. The quantitative estimate of drug-likeness (QED) is 0.718. The summed E-state index contributed by atoms with van der Waals surface area (Å²) >= 11 is 1.77. The summed E-state index contributed by atoms with van der Waals surface area (Å²) in [6.45, 7) is 2.06. The molecule has 2 N–H and O–H groups in total. The van der Waals surface area contributed by atoms with Gasteiger partial charge in [0, 0.05) is 25.0 Å². The van der Waals surface area contributed by atoms with Crippen LogP contribution in [0, 0.1) is 0 Å². The van der Waals surface area contributed by atoms with Gasteiger partial charge in [-0.3, -0.25) is 5.41 Å². The standard InChI is InChI=1S/C10H14N2S/c1-8(6-7-11)9-4-5-10(13-9)12(2)3/h4-7,11H,1-3H3/p+1/b8-6+,11-7?. The summed E-state index contributed by atoms with van der Waals surface area (Å²) < 4.78 is 0. The Morgan fingerprint density at radius 1 is 1.46 bits per heavy atom. The van der Waals surface area contributed by atoms with Crippen molar-refractivity contribution in [1.82, 2.24) is 0 Å². The van der Waals surface area contributed by atoms with Crippen LogP contribution in [0.15, 0.2) is 18.2 Å². The molecule has 1 aromatic rings. The van der Waals surface area contributed by atoms with Crippen LogP contribution in [0.5, 0.6) is 0 Å². The summed E-state index contributed by atoms with van der Waals surface area (Å²) in [5, 5.41) is 6.59. The molecule has 2 nitrogen and oxygen atoms in total. The summed E-state index contributed by atoms with van der Waals surface area (Å²) in [6, 6.07) is 4.24. The van der Waals surface area contributed by atoms with Gasteiger partial charge in [0.1, 0.15) is 0 Å². The van der Waals surface area contributed by atoms with E-state index >= 15 is 0 Å². The summed E-state index contributed by atoms with van der Waals surface area (Å²) in [5.74, 6) is 0. The van der Waals surface area contributed by atoms with Gasteiger partial charge in [0.15, 0.2) is 6.21 Å². The Hall–Kier alpha value is -1.09. The number of thiophene rings is 1. The van der Waals surface area contributed by atoms with Gasteiger partial charge in [0.05, 0.1) is 5.00 Å². The maximum atomic E-state index is 5.33. The van der Waals surface area contributed by atoms with Crippen LogP contribution in [0.4, 0.5) is 5.00 Å². The highest BCUT2D eigenvalue weighted by atomic mass is 32.1. The molecule has 0 aliphatic rings. The van der Waals surface area contributed by atoms with Crippen LogP contribution in [0.25, 0.3) is 5.57 Å². The fraction of sp³-hybridized carbons (Fsp3) is 0.300. The van der Waals surface area contributed by atoms with Gasteiger partial charge in [-0.2, -0.15) is 0 Å². The first-order valence-electron chi connectivity index (χ1n) is 4.14. The normalized spacial score (nSPS) is 11.5. The first-order valence-corrected chi connectivity index (χ1v) is 4.96. The highest BCUT2D eigenvalue weighted by Crippen LogP contribution is 2.28. The van der Waals surface area contributed by atoms with Gasteiger partial charge in [-0.05, 0) is 24.6 Å². The SMILES string of the molecule is C/C(=C\C=[NH2+])c1ccc(N(C)C)s1. The summed E-state index contributed by atoms with van der Waals surface area (Å²) in [4.78, 5) is 3.37. The van der Waals surface area contributed by atoms with Crippen LogP contribution < -0.4 is 10.3 Å². The molecule has 0 bridgehead atoms. The van der Waals surface area contributed by atoms with E-state index in [9.17, 15) is 0 Å². The van der Waals surface area contributed by atoms with E-state index in [0.717, 1.165) is 0 Å². The fourth-order valence-electron chi connectivity index (χ4n) is 1.01. The third-order valence-corrected chi connectivity index (χ3v) is 3.16. The minimum Gasteiger partial charge on any atom is -0.370 e. The lowest BCUT2D eigenvalue weighted by Crippen LogP contribution is -2.28. The van der Waals surface area contributed by atoms with Gasteiger partial charge >= 0.3 is 0 Å². The Morgan fingerprint density at radius 3 is 2.62 bits per heavy atom. The third kappa shape index (κ3) is 2.42. The molecule has 70 valence electrons. The largest absolute Gasteiger partial charge is 0.370 e. The van der Waals surface area contributed by atoms with E-state index in [1.165, 1.54) is 15.5 Å². The van der Waals surface area contributed by atoms with Gasteiger partial charge in [0.2, 0.25) is 0 Å². The molecule has 0 aromatic carbocycles. The summed E-state index contributed by atoms with van der Waals surface area (Å²) in [6.07, 6.45) is 3.50. The number of allylic oxidation sites excluding steroid dienone is 2. The topological polar surface area (TPSA) is 28.8 Å². The first kappa shape index (κ1) is 9.99. The average Bonchev–Trinajstić information content (AvgIpc) is 2.52. The van der Waals surface area contributed by atoms with E-state index in [-0.39, 0.29) is 0 Å². The number of hydrogen-bond donors (Lipinski definition) is 1. The van der Waals surface area contributed by atoms with Crippen molar-refractivity contribution in [2.24, 2.45) is 0 Å². The smallest absolute Gasteiger partial charge is 0.160 e. The van der Waals surface area contributed by atoms with Crippen LogP contribution in [0.3, 0.4) is 0 Å². The third-order valence-electron chi connectivity index (χ3n) is 1.77. The van der Waals surface area contributed by atoms with E-state index in [4.69, 9.17) is 5.41 Å². The minimum absolute atomic E-state index is 1.21. The molecule has 1 aromatic heterocycles. The lowest BCUT2D eigenvalue weighted by molar-refractivity contribution is -0.104. The van der Waals surface area contributed by atoms with E-state index < -0.39 is 0 Å². The fourth-order valence-corrected chi connectivity index (χ4v) is 1.92. The second kappa shape index (κ2) is 4.23. The molecule has 0 saturated carbocycles. The monoisotopic (exact) mass is 195 g/mol. The number of hydrogen-bond acceptors (Lipinski definition) is 2. The molecule has 0 spiro atoms. The Bertz CT molecular complexity index is 323. The molecule has 0 saturated heterocycles. The Balaban J connectivity index is 2.91. The zero-order valence-electron chi connectivity index (χ0n) is 8.24. The van der Waals surface area contributed by atoms with Crippen LogP contribution in [-0.2, 0) is 0 Å². The van der Waals surface area contributed by atoms with Crippen LogP contribution >= 0.6 is 11.3 Å². The molecule has 0 radical (unpaired) electrons. The zero-order chi connectivity index (χ0) is 9.84. The van der Waals surface area contributed by atoms with Crippen LogP contribution in [-0.4, -0.2) is 20.3 Å². The highest BCUT2D eigenvalue weighted by Gasteiger charge is 2.02. The van der Waals surface area contributed by atoms with E-state index in [2.05, 4.69) is 24.0 Å². The second-order valence-corrected chi connectivity index (χ2v) is 4.14. The highest BCUT2D eigenvalue weighted by molar-refractivity contribution is 7.17. The maximum Gasteiger partial charge on any atom is 0.160 e. The van der Waals surface area contributed by atoms with Crippen molar-refractivity contribution >= 4 is 28.1 Å². The van der Waals surface area contributed by atoms with Crippen molar-refractivity contribution in [3.8, 4) is 0 Å². The number of anilines is 1. The summed E-state index contributed by atoms with van der Waals surface area (Å²) in [5.41, 5.74) is 1.21. The van der Waals surface area contributed by atoms with Crippen molar-refractivity contribution < 1.29 is 5.41 Å². The van der Waals surface area contributed by atoms with Gasteiger partial charge in [-0.15, -0.1) is 11.3 Å². The van der Waals surface area contributed by atoms with E-state index in [0.29, 0.717) is 0 Å². The van der Waals surface area contributed by atoms with Crippen molar-refractivity contribution in [1.29, 1.82) is 0 Å². The molecule has 1 rings (SSSR count). The van der Waals surface area contributed by atoms with Crippen molar-refractivity contribution in [2.75, 3.05) is 19.0 Å². The number of nitrogens with two attached hydrogens (primary N) is 1. The molecular formula is C10H15N2S+. The van der Waals surface area contributed by atoms with Crippen LogP contribution in [0.2, 0.25) is 0 Å². The van der Waals surface area contributed by atoms with Gasteiger partial charge in [-0.1, -0.05) is 0 Å². The molecule has 0 aliphatic heterocycles. The van der Waals surface area contributed by atoms with E-state index in [1.807, 2.05) is 20.2 Å². The number of rotatable bonds is 3. The zero-order valence-corrected chi connectivity index (χ0v) is 9.06. The minimum atomic E-state index is 1.21.